The van der Waals surface area contributed by atoms with Gasteiger partial charge in [0.15, 0.2) is 0 Å². The van der Waals surface area contributed by atoms with Crippen molar-refractivity contribution in [1.82, 2.24) is 19.4 Å². The van der Waals surface area contributed by atoms with Gasteiger partial charge in [0.25, 0.3) is 0 Å². The molecule has 6 heteroatoms. The van der Waals surface area contributed by atoms with Crippen LogP contribution in [0.15, 0.2) is 17.6 Å². The molecule has 0 saturated heterocycles. The van der Waals surface area contributed by atoms with Crippen LogP contribution in [0.1, 0.15) is 19.5 Å². The molecule has 0 aliphatic heterocycles. The predicted octanol–water partition coefficient (Wildman–Crippen LogP) is 2.00. The lowest BCUT2D eigenvalue weighted by molar-refractivity contribution is 0.487. The van der Waals surface area contributed by atoms with Crippen molar-refractivity contribution < 1.29 is 0 Å². The Hall–Kier alpha value is -1.43. The van der Waals surface area contributed by atoms with Crippen LogP contribution in [0.25, 0.3) is 0 Å². The first-order valence-corrected chi connectivity index (χ1v) is 6.11. The number of hydrogen-bond acceptors (Lipinski definition) is 5. The topological polar surface area (TPSA) is 55.6 Å². The summed E-state index contributed by atoms with van der Waals surface area (Å²) in [6, 6.07) is 1.97. The highest BCUT2D eigenvalue weighted by Crippen LogP contribution is 2.10. The van der Waals surface area contributed by atoms with Crippen molar-refractivity contribution in [3.8, 4) is 0 Å². The Kier molecular flexibility index (Phi) is 3.51. The number of rotatable bonds is 5. The first kappa shape index (κ1) is 11.1. The number of nitrogens with zero attached hydrogens (tertiary/aromatic N) is 4. The molecule has 2 rings (SSSR count). The number of aromatic nitrogens is 4. The summed E-state index contributed by atoms with van der Waals surface area (Å²) in [5, 5.41) is 13.5. The van der Waals surface area contributed by atoms with Gasteiger partial charge in [0.1, 0.15) is 5.82 Å². The van der Waals surface area contributed by atoms with Gasteiger partial charge in [-0.2, -0.15) is 5.10 Å². The van der Waals surface area contributed by atoms with Crippen molar-refractivity contribution in [1.29, 1.82) is 0 Å². The molecule has 0 spiro atoms. The molecule has 0 atom stereocenters. The maximum absolute atomic E-state index is 4.28. The van der Waals surface area contributed by atoms with Gasteiger partial charge >= 0.3 is 0 Å². The third-order valence-corrected chi connectivity index (χ3v) is 2.66. The summed E-state index contributed by atoms with van der Waals surface area (Å²) in [4.78, 5) is 0. The van der Waals surface area contributed by atoms with E-state index in [9.17, 15) is 0 Å². The molecular formula is C10H15N5S. The fourth-order valence-corrected chi connectivity index (χ4v) is 1.87. The first-order chi connectivity index (χ1) is 7.75. The summed E-state index contributed by atoms with van der Waals surface area (Å²) in [6.45, 7) is 5.97. The highest BCUT2D eigenvalue weighted by Gasteiger charge is 2.04. The SMILES string of the molecule is CC(C)Cn1nccc1NCc1csnn1. The number of nitrogens with one attached hydrogen (secondary N) is 1. The Balaban J connectivity index is 1.96. The molecule has 2 aromatic heterocycles. The van der Waals surface area contributed by atoms with Gasteiger partial charge in [-0.3, -0.25) is 0 Å². The minimum atomic E-state index is 0.585. The smallest absolute Gasteiger partial charge is 0.124 e. The van der Waals surface area contributed by atoms with Gasteiger partial charge in [-0.15, -0.1) is 5.10 Å². The van der Waals surface area contributed by atoms with E-state index in [2.05, 4.69) is 33.8 Å². The van der Waals surface area contributed by atoms with E-state index in [-0.39, 0.29) is 0 Å². The summed E-state index contributed by atoms with van der Waals surface area (Å²) in [5.41, 5.74) is 0.960. The summed E-state index contributed by atoms with van der Waals surface area (Å²) >= 11 is 1.37. The van der Waals surface area contributed by atoms with Crippen molar-refractivity contribution in [2.75, 3.05) is 5.32 Å². The second kappa shape index (κ2) is 5.07. The molecular weight excluding hydrogens is 222 g/mol. The van der Waals surface area contributed by atoms with Crippen LogP contribution in [-0.4, -0.2) is 19.4 Å². The molecule has 0 fully saturated rings. The normalized spacial score (nSPS) is 10.9. The minimum absolute atomic E-state index is 0.585. The summed E-state index contributed by atoms with van der Waals surface area (Å²) in [6.07, 6.45) is 1.81. The number of anilines is 1. The molecule has 2 aromatic rings. The van der Waals surface area contributed by atoms with Gasteiger partial charge in [0, 0.05) is 18.0 Å². The third kappa shape index (κ3) is 2.79. The average molecular weight is 237 g/mol. The maximum atomic E-state index is 4.28. The predicted molar refractivity (Wildman–Crippen MR) is 64.3 cm³/mol. The molecule has 0 bridgehead atoms. The van der Waals surface area contributed by atoms with Crippen molar-refractivity contribution >= 4 is 17.4 Å². The molecule has 5 nitrogen and oxygen atoms in total. The molecule has 0 amide bonds. The lowest BCUT2D eigenvalue weighted by Gasteiger charge is -2.10. The molecule has 2 heterocycles. The van der Waals surface area contributed by atoms with Gasteiger partial charge in [0.2, 0.25) is 0 Å². The Morgan fingerprint density at radius 3 is 3.06 bits per heavy atom. The van der Waals surface area contributed by atoms with Gasteiger partial charge < -0.3 is 5.32 Å². The van der Waals surface area contributed by atoms with Crippen LogP contribution in [0.4, 0.5) is 5.82 Å². The van der Waals surface area contributed by atoms with E-state index in [1.807, 2.05) is 22.3 Å². The van der Waals surface area contributed by atoms with Crippen LogP contribution < -0.4 is 5.32 Å². The van der Waals surface area contributed by atoms with Gasteiger partial charge in [-0.05, 0) is 17.5 Å². The van der Waals surface area contributed by atoms with Crippen LogP contribution >= 0.6 is 11.5 Å². The largest absolute Gasteiger partial charge is 0.365 e. The molecule has 0 radical (unpaired) electrons. The monoisotopic (exact) mass is 237 g/mol. The van der Waals surface area contributed by atoms with E-state index in [0.29, 0.717) is 12.5 Å². The standard InChI is InChI=1S/C10H15N5S/c1-8(2)6-15-10(3-4-12-15)11-5-9-7-16-14-13-9/h3-4,7-8,11H,5-6H2,1-2H3. The van der Waals surface area contributed by atoms with Crippen molar-refractivity contribution in [2.24, 2.45) is 5.92 Å². The van der Waals surface area contributed by atoms with E-state index >= 15 is 0 Å². The zero-order valence-electron chi connectivity index (χ0n) is 9.42. The van der Waals surface area contributed by atoms with E-state index in [1.165, 1.54) is 11.5 Å². The fourth-order valence-electron chi connectivity index (χ4n) is 1.42. The molecule has 0 saturated carbocycles. The van der Waals surface area contributed by atoms with Gasteiger partial charge in [-0.1, -0.05) is 18.3 Å². The summed E-state index contributed by atoms with van der Waals surface area (Å²) in [5.74, 6) is 1.61. The van der Waals surface area contributed by atoms with E-state index in [1.54, 1.807) is 0 Å². The molecule has 0 aliphatic rings. The summed E-state index contributed by atoms with van der Waals surface area (Å²) in [7, 11) is 0. The Bertz CT molecular complexity index is 420. The van der Waals surface area contributed by atoms with E-state index in [0.717, 1.165) is 18.1 Å². The Morgan fingerprint density at radius 1 is 1.50 bits per heavy atom. The molecule has 16 heavy (non-hydrogen) atoms. The van der Waals surface area contributed by atoms with Crippen LogP contribution in [-0.2, 0) is 13.1 Å². The molecule has 0 aromatic carbocycles. The highest BCUT2D eigenvalue weighted by atomic mass is 32.1. The average Bonchev–Trinajstić information content (AvgIpc) is 2.84. The lowest BCUT2D eigenvalue weighted by atomic mass is 10.2. The highest BCUT2D eigenvalue weighted by molar-refractivity contribution is 7.03. The second-order valence-electron chi connectivity index (χ2n) is 4.04. The minimum Gasteiger partial charge on any atom is -0.365 e. The first-order valence-electron chi connectivity index (χ1n) is 5.27. The van der Waals surface area contributed by atoms with Crippen molar-refractivity contribution in [3.05, 3.63) is 23.3 Å². The third-order valence-electron chi connectivity index (χ3n) is 2.11. The van der Waals surface area contributed by atoms with E-state index < -0.39 is 0 Å². The fraction of sp³-hybridized carbons (Fsp3) is 0.500. The zero-order valence-corrected chi connectivity index (χ0v) is 10.2. The van der Waals surface area contributed by atoms with Crippen molar-refractivity contribution in [2.45, 2.75) is 26.9 Å². The van der Waals surface area contributed by atoms with E-state index in [4.69, 9.17) is 0 Å². The molecule has 86 valence electrons. The van der Waals surface area contributed by atoms with Crippen LogP contribution in [0.2, 0.25) is 0 Å². The Morgan fingerprint density at radius 2 is 2.38 bits per heavy atom. The molecule has 0 unspecified atom stereocenters. The van der Waals surface area contributed by atoms with Crippen molar-refractivity contribution in [3.63, 3.8) is 0 Å². The van der Waals surface area contributed by atoms with Crippen LogP contribution in [0.3, 0.4) is 0 Å². The number of hydrogen-bond donors (Lipinski definition) is 1. The Labute approximate surface area is 98.7 Å². The van der Waals surface area contributed by atoms with Gasteiger partial charge in [-0.25, -0.2) is 4.68 Å². The van der Waals surface area contributed by atoms with Crippen LogP contribution in [0.5, 0.6) is 0 Å². The second-order valence-corrected chi connectivity index (χ2v) is 4.65. The maximum Gasteiger partial charge on any atom is 0.124 e. The molecule has 0 aliphatic carbocycles. The van der Waals surface area contributed by atoms with Gasteiger partial charge in [0.05, 0.1) is 18.4 Å². The van der Waals surface area contributed by atoms with Crippen LogP contribution in [0, 0.1) is 5.92 Å². The summed E-state index contributed by atoms with van der Waals surface area (Å²) < 4.78 is 5.80. The zero-order chi connectivity index (χ0) is 11.4. The molecule has 1 N–H and O–H groups in total. The quantitative estimate of drug-likeness (QED) is 0.864. The lowest BCUT2D eigenvalue weighted by Crippen LogP contribution is -2.11.